The van der Waals surface area contributed by atoms with Gasteiger partial charge in [0.25, 0.3) is 5.91 Å². The van der Waals surface area contributed by atoms with Crippen molar-refractivity contribution in [1.82, 2.24) is 15.4 Å². The molecule has 5 nitrogen and oxygen atoms in total. The topological polar surface area (TPSA) is 57.3 Å². The molecular formula is C14H18N4O. The van der Waals surface area contributed by atoms with Gasteiger partial charge in [0.15, 0.2) is 0 Å². The molecule has 0 aliphatic carbocycles. The van der Waals surface area contributed by atoms with E-state index in [9.17, 15) is 4.79 Å². The van der Waals surface area contributed by atoms with Crippen molar-refractivity contribution in [2.24, 2.45) is 0 Å². The van der Waals surface area contributed by atoms with Crippen molar-refractivity contribution in [3.05, 3.63) is 35.9 Å². The van der Waals surface area contributed by atoms with Crippen LogP contribution in [0.2, 0.25) is 0 Å². The lowest BCUT2D eigenvalue weighted by Crippen LogP contribution is -2.36. The summed E-state index contributed by atoms with van der Waals surface area (Å²) in [4.78, 5) is 16.7. The lowest BCUT2D eigenvalue weighted by molar-refractivity contribution is 0.0858. The molecule has 2 N–H and O–H groups in total. The maximum Gasteiger partial charge on any atom is 0.266 e. The number of rotatable bonds is 4. The molecule has 0 saturated heterocycles. The average molecular weight is 258 g/mol. The van der Waals surface area contributed by atoms with E-state index >= 15 is 0 Å². The molecule has 0 bridgehead atoms. The Bertz CT molecular complexity index is 595. The molecule has 1 aromatic carbocycles. The zero-order valence-corrected chi connectivity index (χ0v) is 11.4. The summed E-state index contributed by atoms with van der Waals surface area (Å²) in [5, 5.41) is 5.62. The van der Waals surface area contributed by atoms with Gasteiger partial charge in [0.2, 0.25) is 0 Å². The fraction of sp³-hybridized carbons (Fsp3) is 0.286. The van der Waals surface area contributed by atoms with Crippen LogP contribution in [0.15, 0.2) is 30.3 Å². The lowest BCUT2D eigenvalue weighted by Gasteiger charge is -2.14. The Morgan fingerprint density at radius 1 is 1.32 bits per heavy atom. The summed E-state index contributed by atoms with van der Waals surface area (Å²) in [6, 6.07) is 9.41. The summed E-state index contributed by atoms with van der Waals surface area (Å²) in [5.74, 6) is 0.577. The predicted octanol–water partition coefficient (Wildman–Crippen LogP) is 1.87. The molecule has 0 unspecified atom stereocenters. The second-order valence-electron chi connectivity index (χ2n) is 4.44. The third kappa shape index (κ3) is 3.00. The molecule has 5 heteroatoms. The number of benzene rings is 1. The van der Waals surface area contributed by atoms with Crippen LogP contribution in [0.25, 0.3) is 10.9 Å². The highest BCUT2D eigenvalue weighted by atomic mass is 16.2. The van der Waals surface area contributed by atoms with Gasteiger partial charge < -0.3 is 5.32 Å². The number of carbonyl (C=O) groups excluding carboxylic acids is 1. The average Bonchev–Trinajstić information content (AvgIpc) is 2.37. The van der Waals surface area contributed by atoms with Crippen LogP contribution in [0.5, 0.6) is 0 Å². The number of hydrazine groups is 1. The fourth-order valence-electron chi connectivity index (χ4n) is 1.90. The molecule has 0 atom stereocenters. The number of hydrogen-bond acceptors (Lipinski definition) is 4. The first-order valence-electron chi connectivity index (χ1n) is 6.23. The molecule has 2 aromatic rings. The van der Waals surface area contributed by atoms with Crippen molar-refractivity contribution in [3.8, 4) is 0 Å². The van der Waals surface area contributed by atoms with Crippen LogP contribution in [-0.2, 0) is 0 Å². The van der Waals surface area contributed by atoms with Crippen LogP contribution in [0, 0.1) is 0 Å². The highest BCUT2D eigenvalue weighted by molar-refractivity contribution is 6.06. The summed E-state index contributed by atoms with van der Waals surface area (Å²) < 4.78 is 0. The monoisotopic (exact) mass is 258 g/mol. The largest absolute Gasteiger partial charge is 0.370 e. The minimum absolute atomic E-state index is 0.136. The van der Waals surface area contributed by atoms with E-state index in [0.29, 0.717) is 11.4 Å². The summed E-state index contributed by atoms with van der Waals surface area (Å²) in [6.45, 7) is 2.76. The summed E-state index contributed by atoms with van der Waals surface area (Å²) >= 11 is 0. The Morgan fingerprint density at radius 3 is 2.74 bits per heavy atom. The number of amides is 1. The fourth-order valence-corrected chi connectivity index (χ4v) is 1.90. The number of fused-ring (bicyclic) bond motifs is 1. The van der Waals surface area contributed by atoms with Crippen LogP contribution in [0.3, 0.4) is 0 Å². The van der Waals surface area contributed by atoms with E-state index in [-0.39, 0.29) is 5.91 Å². The molecule has 100 valence electrons. The van der Waals surface area contributed by atoms with Crippen LogP contribution in [-0.4, -0.2) is 36.5 Å². The number of para-hydroxylation sites is 1. The molecule has 19 heavy (non-hydrogen) atoms. The molecule has 0 aliphatic rings. The zero-order chi connectivity index (χ0) is 13.8. The quantitative estimate of drug-likeness (QED) is 0.822. The second kappa shape index (κ2) is 5.67. The highest BCUT2D eigenvalue weighted by Crippen LogP contribution is 2.20. The van der Waals surface area contributed by atoms with Crippen LogP contribution < -0.4 is 10.7 Å². The smallest absolute Gasteiger partial charge is 0.266 e. The van der Waals surface area contributed by atoms with Crippen molar-refractivity contribution in [3.63, 3.8) is 0 Å². The summed E-state index contributed by atoms with van der Waals surface area (Å²) in [5.41, 5.74) is 4.19. The first kappa shape index (κ1) is 13.3. The molecule has 0 spiro atoms. The lowest BCUT2D eigenvalue weighted by atomic mass is 10.1. The van der Waals surface area contributed by atoms with E-state index < -0.39 is 0 Å². The molecule has 1 amide bonds. The van der Waals surface area contributed by atoms with E-state index in [1.807, 2.05) is 31.2 Å². The van der Waals surface area contributed by atoms with Gasteiger partial charge in [-0.25, -0.2) is 9.99 Å². The van der Waals surface area contributed by atoms with Crippen molar-refractivity contribution in [1.29, 1.82) is 0 Å². The maximum absolute atomic E-state index is 12.2. The highest BCUT2D eigenvalue weighted by Gasteiger charge is 2.13. The Morgan fingerprint density at radius 2 is 2.05 bits per heavy atom. The molecule has 0 aliphatic heterocycles. The predicted molar refractivity (Wildman–Crippen MR) is 77.1 cm³/mol. The zero-order valence-electron chi connectivity index (χ0n) is 11.4. The summed E-state index contributed by atoms with van der Waals surface area (Å²) in [6.07, 6.45) is 0. The Hall–Kier alpha value is -2.14. The van der Waals surface area contributed by atoms with Gasteiger partial charge in [-0.3, -0.25) is 10.2 Å². The minimum Gasteiger partial charge on any atom is -0.370 e. The molecular weight excluding hydrogens is 240 g/mol. The van der Waals surface area contributed by atoms with Crippen LogP contribution in [0.4, 0.5) is 5.82 Å². The molecule has 1 heterocycles. The summed E-state index contributed by atoms with van der Waals surface area (Å²) in [7, 11) is 3.57. The van der Waals surface area contributed by atoms with Gasteiger partial charge in [0, 0.05) is 26.0 Å². The number of hydrogen-bond donors (Lipinski definition) is 2. The third-order valence-electron chi connectivity index (χ3n) is 2.64. The number of nitrogens with one attached hydrogen (secondary N) is 2. The number of carbonyl (C=O) groups is 1. The minimum atomic E-state index is -0.136. The first-order chi connectivity index (χ1) is 9.11. The molecule has 0 fully saturated rings. The number of nitrogens with zero attached hydrogens (tertiary/aromatic N) is 2. The third-order valence-corrected chi connectivity index (χ3v) is 2.64. The maximum atomic E-state index is 12.2. The van der Waals surface area contributed by atoms with E-state index in [0.717, 1.165) is 17.4 Å². The molecule has 0 saturated carbocycles. The van der Waals surface area contributed by atoms with Crippen molar-refractivity contribution < 1.29 is 4.79 Å². The Labute approximate surface area is 112 Å². The first-order valence-corrected chi connectivity index (χ1v) is 6.23. The van der Waals surface area contributed by atoms with Gasteiger partial charge in [-0.05, 0) is 19.1 Å². The van der Waals surface area contributed by atoms with Gasteiger partial charge in [-0.1, -0.05) is 18.2 Å². The second-order valence-corrected chi connectivity index (χ2v) is 4.44. The molecule has 2 rings (SSSR count). The SMILES string of the molecule is CCNc1cc(C(=O)NN(C)C)c2ccccc2n1. The van der Waals surface area contributed by atoms with Gasteiger partial charge in [0.05, 0.1) is 11.1 Å². The molecule has 1 aromatic heterocycles. The standard InChI is InChI=1S/C14H18N4O/c1-4-15-13-9-11(14(19)17-18(2)3)10-7-5-6-8-12(10)16-13/h5-9H,4H2,1-3H3,(H,15,16)(H,17,19). The van der Waals surface area contributed by atoms with Crippen LogP contribution >= 0.6 is 0 Å². The van der Waals surface area contributed by atoms with E-state index in [4.69, 9.17) is 0 Å². The Kier molecular flexibility index (Phi) is 3.97. The van der Waals surface area contributed by atoms with Crippen molar-refractivity contribution >= 4 is 22.6 Å². The van der Waals surface area contributed by atoms with Gasteiger partial charge in [-0.15, -0.1) is 0 Å². The number of pyridine rings is 1. The van der Waals surface area contributed by atoms with Gasteiger partial charge in [0.1, 0.15) is 5.82 Å². The van der Waals surface area contributed by atoms with Crippen LogP contribution in [0.1, 0.15) is 17.3 Å². The normalized spacial score (nSPS) is 10.7. The van der Waals surface area contributed by atoms with E-state index in [2.05, 4.69) is 15.7 Å². The molecule has 0 radical (unpaired) electrons. The van der Waals surface area contributed by atoms with E-state index in [1.54, 1.807) is 25.2 Å². The number of anilines is 1. The van der Waals surface area contributed by atoms with Crippen molar-refractivity contribution in [2.45, 2.75) is 6.92 Å². The van der Waals surface area contributed by atoms with Gasteiger partial charge in [-0.2, -0.15) is 0 Å². The van der Waals surface area contributed by atoms with Gasteiger partial charge >= 0.3 is 0 Å². The van der Waals surface area contributed by atoms with Crippen molar-refractivity contribution in [2.75, 3.05) is 26.0 Å². The Balaban J connectivity index is 2.52. The number of aromatic nitrogens is 1. The van der Waals surface area contributed by atoms with E-state index in [1.165, 1.54) is 0 Å².